The summed E-state index contributed by atoms with van der Waals surface area (Å²) < 4.78 is 74.7. The first-order valence-electron chi connectivity index (χ1n) is 13.9. The highest BCUT2D eigenvalue weighted by Crippen LogP contribution is 2.42. The van der Waals surface area contributed by atoms with E-state index in [1.807, 2.05) is 18.2 Å². The molecule has 0 saturated carbocycles. The van der Waals surface area contributed by atoms with Gasteiger partial charge in [-0.3, -0.25) is 9.52 Å². The highest BCUT2D eigenvalue weighted by Gasteiger charge is 2.47. The molecule has 4 heterocycles. The van der Waals surface area contributed by atoms with Gasteiger partial charge in [0, 0.05) is 54.8 Å². The number of pyridine rings is 1. The minimum absolute atomic E-state index is 0.00955. The molecule has 0 aliphatic carbocycles. The molecule has 2 aliphatic heterocycles. The Bertz CT molecular complexity index is 1860. The standard InChI is InChI=1S/C30H29F3N6O4S/c1-18(31)29(40)39-15-30(16-39)7-9-38(10-8-30)27-22-11-19(3-5-24(22)35-17-36-27)20-12-25(28(43-2)34-14-20)37-44(41,42)26-6-4-21(32)13-23(26)33/h3-6,11-14,17-18,37H,7-10,15-16H2,1-2H3. The Kier molecular flexibility index (Phi) is 7.56. The number of hydrogen-bond donors (Lipinski definition) is 1. The van der Waals surface area contributed by atoms with E-state index >= 15 is 0 Å². The number of aromatic nitrogens is 3. The summed E-state index contributed by atoms with van der Waals surface area (Å²) in [6, 6.07) is 9.25. The number of likely N-dealkylation sites (tertiary alicyclic amines) is 1. The first-order valence-corrected chi connectivity index (χ1v) is 15.4. The topological polar surface area (TPSA) is 118 Å². The van der Waals surface area contributed by atoms with Gasteiger partial charge in [-0.1, -0.05) is 6.07 Å². The number of carbonyl (C=O) groups is 1. The summed E-state index contributed by atoms with van der Waals surface area (Å²) in [6.07, 6.45) is 3.20. The largest absolute Gasteiger partial charge is 0.480 e. The van der Waals surface area contributed by atoms with E-state index in [9.17, 15) is 26.4 Å². The van der Waals surface area contributed by atoms with Gasteiger partial charge in [-0.05, 0) is 55.7 Å². The van der Waals surface area contributed by atoms with Crippen LogP contribution < -0.4 is 14.4 Å². The summed E-state index contributed by atoms with van der Waals surface area (Å²) in [6.45, 7) is 3.81. The number of fused-ring (bicyclic) bond motifs is 1. The number of sulfonamides is 1. The van der Waals surface area contributed by atoms with Crippen LogP contribution in [0.25, 0.3) is 22.0 Å². The zero-order valence-corrected chi connectivity index (χ0v) is 24.7. The molecule has 0 radical (unpaired) electrons. The number of amides is 1. The molecular formula is C30H29F3N6O4S. The maximum Gasteiger partial charge on any atom is 0.264 e. The van der Waals surface area contributed by atoms with Crippen LogP contribution in [-0.2, 0) is 14.8 Å². The predicted molar refractivity (Wildman–Crippen MR) is 158 cm³/mol. The smallest absolute Gasteiger partial charge is 0.264 e. The van der Waals surface area contributed by atoms with Gasteiger partial charge in [-0.2, -0.15) is 0 Å². The summed E-state index contributed by atoms with van der Waals surface area (Å²) in [7, 11) is -3.13. The van der Waals surface area contributed by atoms with Gasteiger partial charge in [0.2, 0.25) is 5.88 Å². The van der Waals surface area contributed by atoms with Crippen molar-refractivity contribution < 1.29 is 31.1 Å². The Morgan fingerprint density at radius 2 is 1.77 bits per heavy atom. The van der Waals surface area contributed by atoms with Crippen molar-refractivity contribution in [3.8, 4) is 17.0 Å². The molecule has 10 nitrogen and oxygen atoms in total. The van der Waals surface area contributed by atoms with Crippen LogP contribution in [-0.4, -0.2) is 73.6 Å². The molecule has 2 aromatic heterocycles. The highest BCUT2D eigenvalue weighted by atomic mass is 32.2. The van der Waals surface area contributed by atoms with Crippen molar-refractivity contribution in [1.29, 1.82) is 0 Å². The van der Waals surface area contributed by atoms with Crippen LogP contribution >= 0.6 is 0 Å². The molecule has 0 bridgehead atoms. The van der Waals surface area contributed by atoms with Crippen LogP contribution in [0.2, 0.25) is 0 Å². The minimum Gasteiger partial charge on any atom is -0.480 e. The molecule has 6 rings (SSSR count). The third-order valence-electron chi connectivity index (χ3n) is 8.25. The Morgan fingerprint density at radius 1 is 1.02 bits per heavy atom. The quantitative estimate of drug-likeness (QED) is 0.317. The lowest BCUT2D eigenvalue weighted by atomic mass is 9.72. The van der Waals surface area contributed by atoms with Gasteiger partial charge in [0.15, 0.2) is 6.17 Å². The lowest BCUT2D eigenvalue weighted by molar-refractivity contribution is -0.149. The van der Waals surface area contributed by atoms with Crippen molar-refractivity contribution in [2.24, 2.45) is 5.41 Å². The lowest BCUT2D eigenvalue weighted by Crippen LogP contribution is -2.63. The minimum atomic E-state index is -4.45. The molecule has 1 atom stereocenters. The SMILES string of the molecule is COc1ncc(-c2ccc3ncnc(N4CCC5(CC4)CN(C(=O)C(C)F)C5)c3c2)cc1NS(=O)(=O)c1ccc(F)cc1F. The second-order valence-electron chi connectivity index (χ2n) is 11.2. The summed E-state index contributed by atoms with van der Waals surface area (Å²) in [5.74, 6) is -1.89. The van der Waals surface area contributed by atoms with Gasteiger partial charge in [0.25, 0.3) is 15.9 Å². The summed E-state index contributed by atoms with van der Waals surface area (Å²) in [5.41, 5.74) is 1.91. The van der Waals surface area contributed by atoms with E-state index in [-0.39, 0.29) is 17.0 Å². The molecule has 1 spiro atoms. The van der Waals surface area contributed by atoms with Crippen molar-refractivity contribution in [2.45, 2.75) is 30.8 Å². The zero-order chi connectivity index (χ0) is 31.2. The molecule has 230 valence electrons. The van der Waals surface area contributed by atoms with E-state index in [0.717, 1.165) is 36.2 Å². The number of nitrogens with zero attached hydrogens (tertiary/aromatic N) is 5. The van der Waals surface area contributed by atoms with Crippen LogP contribution in [0.3, 0.4) is 0 Å². The van der Waals surface area contributed by atoms with E-state index in [4.69, 9.17) is 4.74 Å². The van der Waals surface area contributed by atoms with E-state index in [1.165, 1.54) is 32.6 Å². The van der Waals surface area contributed by atoms with Crippen LogP contribution in [0, 0.1) is 17.0 Å². The van der Waals surface area contributed by atoms with E-state index in [0.29, 0.717) is 48.9 Å². The van der Waals surface area contributed by atoms with Crippen molar-refractivity contribution >= 4 is 38.3 Å². The van der Waals surface area contributed by atoms with Gasteiger partial charge in [0.1, 0.15) is 34.4 Å². The maximum absolute atomic E-state index is 14.3. The Hall–Kier alpha value is -4.46. The molecule has 2 saturated heterocycles. The Balaban J connectivity index is 1.26. The van der Waals surface area contributed by atoms with Crippen LogP contribution in [0.15, 0.2) is 59.9 Å². The second-order valence-corrected chi connectivity index (χ2v) is 12.8. The van der Waals surface area contributed by atoms with E-state index in [2.05, 4.69) is 24.6 Å². The van der Waals surface area contributed by atoms with Crippen LogP contribution in [0.1, 0.15) is 19.8 Å². The average Bonchev–Trinajstić information content (AvgIpc) is 2.98. The number of methoxy groups -OCH3 is 1. The van der Waals surface area contributed by atoms with Crippen molar-refractivity contribution in [1.82, 2.24) is 19.9 Å². The number of anilines is 2. The second kappa shape index (κ2) is 11.2. The first kappa shape index (κ1) is 29.6. The Morgan fingerprint density at radius 3 is 2.45 bits per heavy atom. The Labute approximate surface area is 251 Å². The van der Waals surface area contributed by atoms with Crippen molar-refractivity contribution in [3.05, 3.63) is 66.6 Å². The van der Waals surface area contributed by atoms with Crippen molar-refractivity contribution in [3.63, 3.8) is 0 Å². The predicted octanol–water partition coefficient (Wildman–Crippen LogP) is 4.57. The number of piperidine rings is 1. The normalized spacial score (nSPS) is 16.9. The van der Waals surface area contributed by atoms with Gasteiger partial charge in [-0.15, -0.1) is 0 Å². The number of ether oxygens (including phenoxy) is 1. The highest BCUT2D eigenvalue weighted by molar-refractivity contribution is 7.92. The van der Waals surface area contributed by atoms with Gasteiger partial charge in [0.05, 0.1) is 12.6 Å². The number of carbonyl (C=O) groups excluding carboxylic acids is 1. The molecule has 44 heavy (non-hydrogen) atoms. The van der Waals surface area contributed by atoms with Gasteiger partial charge in [-0.25, -0.2) is 36.5 Å². The maximum atomic E-state index is 14.3. The zero-order valence-electron chi connectivity index (χ0n) is 23.9. The van der Waals surface area contributed by atoms with Gasteiger partial charge < -0.3 is 14.5 Å². The third kappa shape index (κ3) is 5.49. The summed E-state index contributed by atoms with van der Waals surface area (Å²) in [5, 5.41) is 0.781. The van der Waals surface area contributed by atoms with Gasteiger partial charge >= 0.3 is 0 Å². The molecule has 2 fully saturated rings. The molecule has 4 aromatic rings. The summed E-state index contributed by atoms with van der Waals surface area (Å²) in [4.78, 5) is 28.3. The van der Waals surface area contributed by atoms with Crippen LogP contribution in [0.5, 0.6) is 5.88 Å². The number of benzene rings is 2. The number of alkyl halides is 1. The number of nitrogens with one attached hydrogen (secondary N) is 1. The average molecular weight is 627 g/mol. The fraction of sp³-hybridized carbons (Fsp3) is 0.333. The summed E-state index contributed by atoms with van der Waals surface area (Å²) >= 11 is 0. The molecule has 1 N–H and O–H groups in total. The fourth-order valence-corrected chi connectivity index (χ4v) is 7.00. The van der Waals surface area contributed by atoms with E-state index in [1.54, 1.807) is 4.90 Å². The molecule has 14 heteroatoms. The number of hydrogen-bond acceptors (Lipinski definition) is 8. The molecular weight excluding hydrogens is 597 g/mol. The van der Waals surface area contributed by atoms with Crippen LogP contribution in [0.4, 0.5) is 24.7 Å². The first-order chi connectivity index (χ1) is 21.0. The molecule has 1 unspecified atom stereocenters. The fourth-order valence-electron chi connectivity index (χ4n) is 5.89. The van der Waals surface area contributed by atoms with E-state index < -0.39 is 38.6 Å². The number of halogens is 3. The molecule has 2 aliphatic rings. The molecule has 2 aromatic carbocycles. The molecule has 1 amide bonds. The lowest BCUT2D eigenvalue weighted by Gasteiger charge is -2.54. The number of rotatable bonds is 7. The van der Waals surface area contributed by atoms with Crippen molar-refractivity contribution in [2.75, 3.05) is 42.9 Å². The monoisotopic (exact) mass is 626 g/mol. The third-order valence-corrected chi connectivity index (χ3v) is 9.65.